The van der Waals surface area contributed by atoms with Gasteiger partial charge in [0.15, 0.2) is 5.13 Å². The molecule has 0 aliphatic heterocycles. The Morgan fingerprint density at radius 3 is 2.54 bits per heavy atom. The van der Waals surface area contributed by atoms with E-state index in [-0.39, 0.29) is 23.5 Å². The zero-order chi connectivity index (χ0) is 24.8. The predicted molar refractivity (Wildman–Crippen MR) is 147 cm³/mol. The summed E-state index contributed by atoms with van der Waals surface area (Å²) in [6.45, 7) is 1.83. The van der Waals surface area contributed by atoms with Crippen molar-refractivity contribution in [1.82, 2.24) is 4.98 Å². The molecule has 0 radical (unpaired) electrons. The van der Waals surface area contributed by atoms with Crippen LogP contribution in [-0.2, 0) is 16.0 Å². The average Bonchev–Trinajstić information content (AvgIpc) is 3.29. The van der Waals surface area contributed by atoms with Crippen molar-refractivity contribution in [2.75, 3.05) is 10.6 Å². The highest BCUT2D eigenvalue weighted by Gasteiger charge is 2.17. The fourth-order valence-electron chi connectivity index (χ4n) is 3.23. The first-order chi connectivity index (χ1) is 16.9. The maximum atomic E-state index is 12.7. The van der Waals surface area contributed by atoms with Crippen molar-refractivity contribution in [3.8, 4) is 11.3 Å². The van der Waals surface area contributed by atoms with E-state index in [2.05, 4.69) is 15.6 Å². The molecule has 4 aromatic rings. The summed E-state index contributed by atoms with van der Waals surface area (Å²) in [5.41, 5.74) is 3.09. The summed E-state index contributed by atoms with van der Waals surface area (Å²) >= 11 is 14.9. The van der Waals surface area contributed by atoms with Crippen LogP contribution in [0.25, 0.3) is 11.3 Å². The van der Waals surface area contributed by atoms with Crippen LogP contribution in [0.5, 0.6) is 0 Å². The molecule has 0 aliphatic rings. The van der Waals surface area contributed by atoms with Crippen LogP contribution in [0.4, 0.5) is 10.8 Å². The van der Waals surface area contributed by atoms with Gasteiger partial charge in [-0.25, -0.2) is 4.98 Å². The van der Waals surface area contributed by atoms with Gasteiger partial charge < -0.3 is 10.6 Å². The molecule has 1 atom stereocenters. The summed E-state index contributed by atoms with van der Waals surface area (Å²) in [6.07, 6.45) is 0.247. The Morgan fingerprint density at radius 1 is 1.00 bits per heavy atom. The van der Waals surface area contributed by atoms with E-state index in [0.29, 0.717) is 20.9 Å². The Kier molecular flexibility index (Phi) is 8.46. The van der Waals surface area contributed by atoms with Crippen molar-refractivity contribution >= 4 is 68.9 Å². The summed E-state index contributed by atoms with van der Waals surface area (Å²) < 4.78 is 0. The molecule has 1 heterocycles. The van der Waals surface area contributed by atoms with Crippen LogP contribution in [0.2, 0.25) is 10.0 Å². The Bertz CT molecular complexity index is 1340. The number of nitrogens with one attached hydrogen (secondary N) is 2. The zero-order valence-corrected chi connectivity index (χ0v) is 21.8. The molecule has 9 heteroatoms. The van der Waals surface area contributed by atoms with E-state index < -0.39 is 0 Å². The molecule has 5 nitrogen and oxygen atoms in total. The molecule has 0 spiro atoms. The number of carbonyl (C=O) groups is 2. The Balaban J connectivity index is 1.33. The highest BCUT2D eigenvalue weighted by Crippen LogP contribution is 2.31. The highest BCUT2D eigenvalue weighted by atomic mass is 35.5. The molecule has 178 valence electrons. The van der Waals surface area contributed by atoms with Gasteiger partial charge in [-0.2, -0.15) is 0 Å². The standard InChI is InChI=1S/C26H21Cl2N3O2S2/c1-16(25(33)31-26-30-23(15-34-26)21-7-2-3-8-22(21)28)35-20-6-4-5-19(14-20)29-24(32)13-17-9-11-18(27)12-10-17/h2-12,14-16H,13H2,1H3,(H,29,32)(H,30,31,33). The van der Waals surface area contributed by atoms with Gasteiger partial charge in [0.25, 0.3) is 0 Å². The third-order valence-electron chi connectivity index (χ3n) is 4.96. The van der Waals surface area contributed by atoms with E-state index in [9.17, 15) is 9.59 Å². The summed E-state index contributed by atoms with van der Waals surface area (Å²) in [5, 5.41) is 9.03. The molecule has 2 N–H and O–H groups in total. The van der Waals surface area contributed by atoms with Gasteiger partial charge in [-0.05, 0) is 48.9 Å². The summed E-state index contributed by atoms with van der Waals surface area (Å²) in [5.74, 6) is -0.286. The quantitative estimate of drug-likeness (QED) is 0.227. The monoisotopic (exact) mass is 541 g/mol. The van der Waals surface area contributed by atoms with Gasteiger partial charge in [0, 0.05) is 31.6 Å². The molecule has 0 aliphatic carbocycles. The number of anilines is 2. The largest absolute Gasteiger partial charge is 0.326 e. The van der Waals surface area contributed by atoms with Crippen LogP contribution in [0.1, 0.15) is 12.5 Å². The van der Waals surface area contributed by atoms with Gasteiger partial charge in [0.05, 0.1) is 17.4 Å². The number of amides is 2. The zero-order valence-electron chi connectivity index (χ0n) is 18.6. The number of halogens is 2. The minimum Gasteiger partial charge on any atom is -0.326 e. The van der Waals surface area contributed by atoms with Gasteiger partial charge in [-0.1, -0.05) is 59.6 Å². The summed E-state index contributed by atoms with van der Waals surface area (Å²) in [4.78, 5) is 30.5. The van der Waals surface area contributed by atoms with Crippen molar-refractivity contribution < 1.29 is 9.59 Å². The molecular formula is C26H21Cl2N3O2S2. The van der Waals surface area contributed by atoms with E-state index in [1.807, 2.05) is 66.9 Å². The number of hydrogen-bond donors (Lipinski definition) is 2. The van der Waals surface area contributed by atoms with Gasteiger partial charge in [-0.15, -0.1) is 23.1 Å². The van der Waals surface area contributed by atoms with Crippen molar-refractivity contribution in [2.45, 2.75) is 23.5 Å². The second-order valence-electron chi connectivity index (χ2n) is 7.65. The molecule has 0 saturated carbocycles. The van der Waals surface area contributed by atoms with Crippen LogP contribution < -0.4 is 10.6 Å². The number of hydrogen-bond acceptors (Lipinski definition) is 5. The third kappa shape index (κ3) is 7.08. The first-order valence-electron chi connectivity index (χ1n) is 10.7. The predicted octanol–water partition coefficient (Wildman–Crippen LogP) is 7.42. The Hall–Kier alpha value is -2.84. The van der Waals surface area contributed by atoms with Crippen LogP contribution in [0.3, 0.4) is 0 Å². The average molecular weight is 543 g/mol. The topological polar surface area (TPSA) is 71.1 Å². The SMILES string of the molecule is CC(Sc1cccc(NC(=O)Cc2ccc(Cl)cc2)c1)C(=O)Nc1nc(-c2ccccc2Cl)cs1. The molecule has 0 bridgehead atoms. The third-order valence-corrected chi connectivity index (χ3v) is 7.39. The Labute approximate surface area is 221 Å². The van der Waals surface area contributed by atoms with Crippen molar-refractivity contribution in [1.29, 1.82) is 0 Å². The molecule has 0 fully saturated rings. The van der Waals surface area contributed by atoms with E-state index in [4.69, 9.17) is 23.2 Å². The van der Waals surface area contributed by atoms with Crippen molar-refractivity contribution in [3.05, 3.63) is 93.8 Å². The summed E-state index contributed by atoms with van der Waals surface area (Å²) in [7, 11) is 0. The van der Waals surface area contributed by atoms with E-state index in [0.717, 1.165) is 21.7 Å². The maximum Gasteiger partial charge on any atom is 0.239 e. The normalized spacial score (nSPS) is 11.6. The number of carbonyl (C=O) groups excluding carboxylic acids is 2. The number of thiazole rings is 1. The first kappa shape index (κ1) is 25.3. The van der Waals surface area contributed by atoms with E-state index >= 15 is 0 Å². The second-order valence-corrected chi connectivity index (χ2v) is 10.8. The fraction of sp³-hybridized carbons (Fsp3) is 0.115. The lowest BCUT2D eigenvalue weighted by atomic mass is 10.1. The van der Waals surface area contributed by atoms with E-state index in [1.165, 1.54) is 23.1 Å². The van der Waals surface area contributed by atoms with Gasteiger partial charge in [-0.3, -0.25) is 9.59 Å². The van der Waals surface area contributed by atoms with Gasteiger partial charge in [0.2, 0.25) is 11.8 Å². The lowest BCUT2D eigenvalue weighted by Gasteiger charge is -2.12. The van der Waals surface area contributed by atoms with Crippen molar-refractivity contribution in [2.24, 2.45) is 0 Å². The fourth-order valence-corrected chi connectivity index (χ4v) is 5.23. The highest BCUT2D eigenvalue weighted by molar-refractivity contribution is 8.00. The lowest BCUT2D eigenvalue weighted by Crippen LogP contribution is -2.22. The summed E-state index contributed by atoms with van der Waals surface area (Å²) in [6, 6.07) is 22.1. The first-order valence-corrected chi connectivity index (χ1v) is 13.2. The van der Waals surface area contributed by atoms with Crippen LogP contribution in [0.15, 0.2) is 83.1 Å². The molecule has 0 saturated heterocycles. The minimum atomic E-state index is -0.373. The number of nitrogens with zero attached hydrogens (tertiary/aromatic N) is 1. The van der Waals surface area contributed by atoms with Gasteiger partial charge in [0.1, 0.15) is 0 Å². The van der Waals surface area contributed by atoms with Crippen LogP contribution in [0, 0.1) is 0 Å². The molecule has 1 aromatic heterocycles. The molecule has 35 heavy (non-hydrogen) atoms. The van der Waals surface area contributed by atoms with Crippen LogP contribution >= 0.6 is 46.3 Å². The maximum absolute atomic E-state index is 12.7. The van der Waals surface area contributed by atoms with Crippen molar-refractivity contribution in [3.63, 3.8) is 0 Å². The molecule has 2 amide bonds. The molecular weight excluding hydrogens is 521 g/mol. The van der Waals surface area contributed by atoms with Crippen LogP contribution in [-0.4, -0.2) is 22.0 Å². The number of thioether (sulfide) groups is 1. The van der Waals surface area contributed by atoms with Gasteiger partial charge >= 0.3 is 0 Å². The Morgan fingerprint density at radius 2 is 1.77 bits per heavy atom. The minimum absolute atomic E-state index is 0.127. The molecule has 1 unspecified atom stereocenters. The number of rotatable bonds is 8. The lowest BCUT2D eigenvalue weighted by molar-refractivity contribution is -0.116. The second kappa shape index (κ2) is 11.7. The molecule has 4 rings (SSSR count). The van der Waals surface area contributed by atoms with E-state index in [1.54, 1.807) is 18.2 Å². The number of aromatic nitrogens is 1. The number of benzene rings is 3. The smallest absolute Gasteiger partial charge is 0.239 e. The molecule has 3 aromatic carbocycles.